The molecule has 7 heteroatoms. The third-order valence-corrected chi connectivity index (χ3v) is 4.59. The number of hydrogen-bond acceptors (Lipinski definition) is 6. The van der Waals surface area contributed by atoms with Crippen molar-refractivity contribution in [3.63, 3.8) is 0 Å². The number of thioether (sulfide) groups is 1. The van der Waals surface area contributed by atoms with Gasteiger partial charge in [0.25, 0.3) is 0 Å². The van der Waals surface area contributed by atoms with Crippen LogP contribution in [-0.4, -0.2) is 24.9 Å². The Morgan fingerprint density at radius 3 is 2.54 bits per heavy atom. The highest BCUT2D eigenvalue weighted by molar-refractivity contribution is 7.98. The van der Waals surface area contributed by atoms with Gasteiger partial charge in [0, 0.05) is 18.9 Å². The standard InChI is InChI=1S/C17H21N5OS/c1-17(2,3)15-18-13(21-23-15)11-24-16-20-19-14(22(16)4)10-12-8-6-5-7-9-12/h5-9H,10-11H2,1-4H3. The molecular weight excluding hydrogens is 322 g/mol. The molecule has 24 heavy (non-hydrogen) atoms. The first-order valence-corrected chi connectivity index (χ1v) is 8.80. The van der Waals surface area contributed by atoms with Crippen molar-refractivity contribution < 1.29 is 4.52 Å². The third-order valence-electron chi connectivity index (χ3n) is 3.57. The molecule has 126 valence electrons. The normalized spacial score (nSPS) is 11.8. The van der Waals surface area contributed by atoms with E-state index >= 15 is 0 Å². The van der Waals surface area contributed by atoms with Gasteiger partial charge in [-0.25, -0.2) is 0 Å². The molecule has 2 heterocycles. The van der Waals surface area contributed by atoms with E-state index in [1.807, 2.05) is 29.8 Å². The molecule has 0 saturated carbocycles. The summed E-state index contributed by atoms with van der Waals surface area (Å²) < 4.78 is 7.33. The lowest BCUT2D eigenvalue weighted by Gasteiger charge is -2.10. The number of rotatable bonds is 5. The van der Waals surface area contributed by atoms with Crippen LogP contribution in [0.3, 0.4) is 0 Å². The van der Waals surface area contributed by atoms with Crippen LogP contribution in [0.15, 0.2) is 40.0 Å². The van der Waals surface area contributed by atoms with Crippen molar-refractivity contribution in [2.45, 2.75) is 43.5 Å². The summed E-state index contributed by atoms with van der Waals surface area (Å²) in [6, 6.07) is 10.3. The van der Waals surface area contributed by atoms with E-state index in [4.69, 9.17) is 4.52 Å². The summed E-state index contributed by atoms with van der Waals surface area (Å²) in [6.45, 7) is 6.15. The molecule has 0 unspecified atom stereocenters. The minimum absolute atomic E-state index is 0.135. The zero-order valence-electron chi connectivity index (χ0n) is 14.4. The van der Waals surface area contributed by atoms with Crippen molar-refractivity contribution in [1.29, 1.82) is 0 Å². The molecule has 3 aromatic rings. The second-order valence-electron chi connectivity index (χ2n) is 6.67. The predicted octanol–water partition coefficient (Wildman–Crippen LogP) is 3.38. The van der Waals surface area contributed by atoms with E-state index in [2.05, 4.69) is 53.2 Å². The summed E-state index contributed by atoms with van der Waals surface area (Å²) in [5.41, 5.74) is 1.08. The van der Waals surface area contributed by atoms with Gasteiger partial charge in [-0.15, -0.1) is 10.2 Å². The summed E-state index contributed by atoms with van der Waals surface area (Å²) in [5.74, 6) is 2.88. The maximum absolute atomic E-state index is 5.31. The highest BCUT2D eigenvalue weighted by atomic mass is 32.2. The Kier molecular flexibility index (Phi) is 4.71. The average Bonchev–Trinajstić information content (AvgIpc) is 3.15. The van der Waals surface area contributed by atoms with Crippen molar-refractivity contribution in [2.75, 3.05) is 0 Å². The zero-order valence-corrected chi connectivity index (χ0v) is 15.2. The Bertz CT molecular complexity index is 804. The van der Waals surface area contributed by atoms with Crippen molar-refractivity contribution >= 4 is 11.8 Å². The summed E-state index contributed by atoms with van der Waals surface area (Å²) in [4.78, 5) is 4.44. The molecule has 0 bridgehead atoms. The van der Waals surface area contributed by atoms with E-state index in [0.29, 0.717) is 17.5 Å². The van der Waals surface area contributed by atoms with E-state index < -0.39 is 0 Å². The topological polar surface area (TPSA) is 69.6 Å². The maximum atomic E-state index is 5.31. The predicted molar refractivity (Wildman–Crippen MR) is 92.8 cm³/mol. The van der Waals surface area contributed by atoms with Crippen LogP contribution in [0.25, 0.3) is 0 Å². The molecular formula is C17H21N5OS. The van der Waals surface area contributed by atoms with Gasteiger partial charge < -0.3 is 9.09 Å². The van der Waals surface area contributed by atoms with Crippen LogP contribution >= 0.6 is 11.8 Å². The number of aromatic nitrogens is 5. The molecule has 0 aliphatic heterocycles. The molecule has 0 radical (unpaired) electrons. The van der Waals surface area contributed by atoms with Crippen LogP contribution in [0.2, 0.25) is 0 Å². The van der Waals surface area contributed by atoms with Gasteiger partial charge in [-0.3, -0.25) is 0 Å². The van der Waals surface area contributed by atoms with E-state index in [0.717, 1.165) is 17.4 Å². The van der Waals surface area contributed by atoms with Crippen molar-refractivity contribution in [2.24, 2.45) is 7.05 Å². The molecule has 6 nitrogen and oxygen atoms in total. The van der Waals surface area contributed by atoms with Crippen molar-refractivity contribution in [3.05, 3.63) is 53.4 Å². The SMILES string of the molecule is Cn1c(Cc2ccccc2)nnc1SCc1noc(C(C)(C)C)n1. The Morgan fingerprint density at radius 2 is 1.88 bits per heavy atom. The van der Waals surface area contributed by atoms with Crippen LogP contribution in [0.1, 0.15) is 43.9 Å². The fourth-order valence-corrected chi connectivity index (χ4v) is 2.92. The second kappa shape index (κ2) is 6.76. The molecule has 0 aliphatic carbocycles. The first kappa shape index (κ1) is 16.7. The van der Waals surface area contributed by atoms with Crippen LogP contribution < -0.4 is 0 Å². The van der Waals surface area contributed by atoms with Gasteiger partial charge in [0.05, 0.1) is 5.75 Å². The summed E-state index contributed by atoms with van der Waals surface area (Å²) in [6.07, 6.45) is 0.765. The van der Waals surface area contributed by atoms with Gasteiger partial charge in [0.15, 0.2) is 11.0 Å². The first-order chi connectivity index (χ1) is 11.4. The lowest BCUT2D eigenvalue weighted by Crippen LogP contribution is -2.11. The largest absolute Gasteiger partial charge is 0.339 e. The fourth-order valence-electron chi connectivity index (χ4n) is 2.15. The van der Waals surface area contributed by atoms with Gasteiger partial charge in [-0.1, -0.05) is 68.0 Å². The van der Waals surface area contributed by atoms with Crippen LogP contribution in [0.4, 0.5) is 0 Å². The smallest absolute Gasteiger partial charge is 0.232 e. The minimum atomic E-state index is -0.135. The number of benzene rings is 1. The lowest BCUT2D eigenvalue weighted by molar-refractivity contribution is 0.319. The van der Waals surface area contributed by atoms with Gasteiger partial charge in [-0.2, -0.15) is 4.98 Å². The molecule has 0 fully saturated rings. The third kappa shape index (κ3) is 3.84. The monoisotopic (exact) mass is 343 g/mol. The van der Waals surface area contributed by atoms with Crippen molar-refractivity contribution in [1.82, 2.24) is 24.9 Å². The van der Waals surface area contributed by atoms with Gasteiger partial charge >= 0.3 is 0 Å². The number of hydrogen-bond donors (Lipinski definition) is 0. The maximum Gasteiger partial charge on any atom is 0.232 e. The molecule has 3 rings (SSSR count). The minimum Gasteiger partial charge on any atom is -0.339 e. The van der Waals surface area contributed by atoms with Crippen LogP contribution in [0, 0.1) is 0 Å². The Hall–Kier alpha value is -2.15. The molecule has 0 aliphatic rings. The van der Waals surface area contributed by atoms with Gasteiger partial charge in [0.1, 0.15) is 5.82 Å². The average molecular weight is 343 g/mol. The summed E-state index contributed by atoms with van der Waals surface area (Å²) >= 11 is 1.56. The molecule has 2 aromatic heterocycles. The first-order valence-electron chi connectivity index (χ1n) is 7.81. The van der Waals surface area contributed by atoms with Crippen LogP contribution in [0.5, 0.6) is 0 Å². The Labute approximate surface area is 145 Å². The molecule has 0 atom stereocenters. The molecule has 0 amide bonds. The lowest BCUT2D eigenvalue weighted by atomic mass is 9.97. The molecule has 0 saturated heterocycles. The van der Waals surface area contributed by atoms with Crippen molar-refractivity contribution in [3.8, 4) is 0 Å². The second-order valence-corrected chi connectivity index (χ2v) is 7.62. The highest BCUT2D eigenvalue weighted by Crippen LogP contribution is 2.24. The van der Waals surface area contributed by atoms with Gasteiger partial charge in [-0.05, 0) is 5.56 Å². The highest BCUT2D eigenvalue weighted by Gasteiger charge is 2.22. The fraction of sp³-hybridized carbons (Fsp3) is 0.412. The zero-order chi connectivity index (χ0) is 17.2. The van der Waals surface area contributed by atoms with Gasteiger partial charge in [0.2, 0.25) is 5.89 Å². The van der Waals surface area contributed by atoms with E-state index in [1.54, 1.807) is 11.8 Å². The molecule has 0 N–H and O–H groups in total. The molecule has 0 spiro atoms. The van der Waals surface area contributed by atoms with E-state index in [1.165, 1.54) is 5.56 Å². The molecule has 1 aromatic carbocycles. The Balaban J connectivity index is 1.65. The van der Waals surface area contributed by atoms with E-state index in [-0.39, 0.29) is 5.41 Å². The Morgan fingerprint density at radius 1 is 1.12 bits per heavy atom. The summed E-state index contributed by atoms with van der Waals surface area (Å²) in [5, 5.41) is 13.5. The summed E-state index contributed by atoms with van der Waals surface area (Å²) in [7, 11) is 1.98. The quantitative estimate of drug-likeness (QED) is 0.662. The number of nitrogens with zero attached hydrogens (tertiary/aromatic N) is 5. The van der Waals surface area contributed by atoms with Crippen LogP contribution in [-0.2, 0) is 24.6 Å². The van der Waals surface area contributed by atoms with E-state index in [9.17, 15) is 0 Å².